The Hall–Kier alpha value is -11.5. The van der Waals surface area contributed by atoms with Gasteiger partial charge in [0.15, 0.2) is 0 Å². The molecule has 0 saturated carbocycles. The molecule has 0 saturated heterocycles. The van der Waals surface area contributed by atoms with Crippen molar-refractivity contribution in [3.63, 3.8) is 0 Å². The van der Waals surface area contributed by atoms with Gasteiger partial charge in [-0.05, 0) is 211 Å². The molecule has 2 unspecified atom stereocenters. The minimum Gasteiger partial charge on any atom is -0.457 e. The van der Waals surface area contributed by atoms with E-state index in [2.05, 4.69) is 225 Å². The highest BCUT2D eigenvalue weighted by atomic mass is 19.1. The molecule has 0 fully saturated rings. The highest BCUT2D eigenvalue weighted by molar-refractivity contribution is 6.06. The number of fused-ring (bicyclic) bond motifs is 9. The Balaban J connectivity index is 0.893. The van der Waals surface area contributed by atoms with Crippen LogP contribution >= 0.6 is 0 Å². The van der Waals surface area contributed by atoms with E-state index < -0.39 is 10.8 Å². The Morgan fingerprint density at radius 3 is 1.26 bits per heavy atom. The highest BCUT2D eigenvalue weighted by Gasteiger charge is 2.48. The summed E-state index contributed by atoms with van der Waals surface area (Å²) in [6, 6.07) is 104. The molecular formula is C85H58FNO3. The first-order valence-corrected chi connectivity index (χ1v) is 30.4. The van der Waals surface area contributed by atoms with Crippen molar-refractivity contribution in [2.45, 2.75) is 17.8 Å². The van der Waals surface area contributed by atoms with Gasteiger partial charge < -0.3 is 18.8 Å². The number of rotatable bonds is 14. The van der Waals surface area contributed by atoms with Gasteiger partial charge in [0.2, 0.25) is 0 Å². The second-order valence-corrected chi connectivity index (χ2v) is 23.4. The Kier molecular flexibility index (Phi) is 13.0. The average Bonchev–Trinajstić information content (AvgIpc) is 1.56. The van der Waals surface area contributed by atoms with E-state index in [0.717, 1.165) is 134 Å². The number of furan rings is 1. The van der Waals surface area contributed by atoms with Gasteiger partial charge in [-0.25, -0.2) is 4.39 Å². The summed E-state index contributed by atoms with van der Waals surface area (Å²) in [5.41, 5.74) is 21.7. The van der Waals surface area contributed by atoms with Crippen LogP contribution in [0.5, 0.6) is 23.0 Å². The topological polar surface area (TPSA) is 34.8 Å². The smallest absolute Gasteiger partial charge is 0.136 e. The van der Waals surface area contributed by atoms with Crippen molar-refractivity contribution >= 4 is 51.2 Å². The summed E-state index contributed by atoms with van der Waals surface area (Å²) in [6.45, 7) is 10.0. The molecule has 13 aromatic carbocycles. The number of hydrogen-bond acceptors (Lipinski definition) is 4. The van der Waals surface area contributed by atoms with Gasteiger partial charge in [-0.3, -0.25) is 0 Å². The van der Waals surface area contributed by atoms with E-state index in [9.17, 15) is 0 Å². The van der Waals surface area contributed by atoms with Crippen molar-refractivity contribution in [2.75, 3.05) is 4.90 Å². The van der Waals surface area contributed by atoms with Gasteiger partial charge in [-0.2, -0.15) is 0 Å². The number of benzene rings is 13. The predicted octanol–water partition coefficient (Wildman–Crippen LogP) is 22.8. The average molecular weight is 1160 g/mol. The third kappa shape index (κ3) is 8.80. The molecular weight excluding hydrogens is 1100 g/mol. The van der Waals surface area contributed by atoms with E-state index in [4.69, 9.17) is 13.9 Å². The molecule has 1 aromatic heterocycles. The number of anilines is 3. The van der Waals surface area contributed by atoms with Crippen molar-refractivity contribution < 1.29 is 18.3 Å². The van der Waals surface area contributed by atoms with Crippen LogP contribution < -0.4 is 14.4 Å². The van der Waals surface area contributed by atoms with Gasteiger partial charge in [0.05, 0.1) is 10.8 Å². The van der Waals surface area contributed by atoms with Crippen LogP contribution in [0.4, 0.5) is 21.5 Å². The second kappa shape index (κ2) is 21.7. The fourth-order valence-electron chi connectivity index (χ4n) is 14.2. The molecule has 14 aromatic rings. The van der Waals surface area contributed by atoms with Crippen LogP contribution in [0.3, 0.4) is 0 Å². The fourth-order valence-corrected chi connectivity index (χ4v) is 14.2. The third-order valence-electron chi connectivity index (χ3n) is 18.5. The lowest BCUT2D eigenvalue weighted by atomic mass is 9.67. The molecule has 0 N–H and O–H groups in total. The quantitative estimate of drug-likeness (QED) is 0.109. The molecule has 0 radical (unpaired) electrons. The maximum atomic E-state index is 15.3. The lowest BCUT2D eigenvalue weighted by Gasteiger charge is -2.36. The van der Waals surface area contributed by atoms with Crippen LogP contribution in [0.2, 0.25) is 0 Å². The maximum Gasteiger partial charge on any atom is 0.136 e. The van der Waals surface area contributed by atoms with Crippen LogP contribution in [0.1, 0.15) is 61.2 Å². The summed E-state index contributed by atoms with van der Waals surface area (Å²) in [5, 5.41) is 2.19. The number of hydrogen-bond donors (Lipinski definition) is 0. The van der Waals surface area contributed by atoms with Gasteiger partial charge in [-0.15, -0.1) is 0 Å². The SMILES string of the molecule is C=Cc1ccc(Oc2ccc(C3(c4ccc(C)cc4)c4ccccc4-c4ccc(N(c5ccc(-c6ccc7c(c6)oc6ccccc67)cc5)c5ccc6c(c5)C(c5ccc(F)cc5)(c5ccc(Oc7ccc(C=C)cc7)cc5)c5ccccc5-6)cc43)cc2)cc1. The monoisotopic (exact) mass is 1160 g/mol. The molecule has 16 rings (SSSR count). The number of ether oxygens (including phenoxy) is 2. The van der Waals surface area contributed by atoms with Gasteiger partial charge in [-0.1, -0.05) is 213 Å². The zero-order valence-corrected chi connectivity index (χ0v) is 49.4. The van der Waals surface area contributed by atoms with Crippen LogP contribution in [0.15, 0.2) is 315 Å². The van der Waals surface area contributed by atoms with Crippen molar-refractivity contribution in [1.29, 1.82) is 0 Å². The number of para-hydroxylation sites is 1. The van der Waals surface area contributed by atoms with Gasteiger partial charge in [0.1, 0.15) is 40.0 Å². The van der Waals surface area contributed by atoms with E-state index in [0.29, 0.717) is 5.75 Å². The molecule has 2 aliphatic rings. The highest BCUT2D eigenvalue weighted by Crippen LogP contribution is 2.60. The zero-order chi connectivity index (χ0) is 60.5. The van der Waals surface area contributed by atoms with E-state index in [1.54, 1.807) is 12.1 Å². The Bertz CT molecular complexity index is 4840. The van der Waals surface area contributed by atoms with E-state index in [-0.39, 0.29) is 5.82 Å². The van der Waals surface area contributed by atoms with Crippen molar-refractivity contribution in [3.05, 3.63) is 377 Å². The van der Waals surface area contributed by atoms with Gasteiger partial charge >= 0.3 is 0 Å². The largest absolute Gasteiger partial charge is 0.457 e. The summed E-state index contributed by atoms with van der Waals surface area (Å²) in [6.07, 6.45) is 3.66. The van der Waals surface area contributed by atoms with E-state index in [1.807, 2.05) is 97.1 Å². The van der Waals surface area contributed by atoms with Crippen molar-refractivity contribution in [1.82, 2.24) is 0 Å². The normalized spacial score (nSPS) is 15.2. The molecule has 2 atom stereocenters. The van der Waals surface area contributed by atoms with Crippen LogP contribution in [-0.4, -0.2) is 0 Å². The van der Waals surface area contributed by atoms with E-state index >= 15 is 4.39 Å². The first kappa shape index (κ1) is 53.9. The fraction of sp³-hybridized carbons (Fsp3) is 0.0353. The molecule has 428 valence electrons. The van der Waals surface area contributed by atoms with Crippen LogP contribution in [0.25, 0.3) is 67.5 Å². The minimum absolute atomic E-state index is 0.299. The van der Waals surface area contributed by atoms with Crippen LogP contribution in [0, 0.1) is 12.7 Å². The molecule has 2 aliphatic carbocycles. The van der Waals surface area contributed by atoms with Gasteiger partial charge in [0.25, 0.3) is 0 Å². The molecule has 4 nitrogen and oxygen atoms in total. The van der Waals surface area contributed by atoms with Crippen molar-refractivity contribution in [2.24, 2.45) is 0 Å². The standard InChI is InChI=1S/C85H58FNO3/c1-4-56-20-41-68(42-21-56)88-70-45-31-62(32-46-70)84(60-27-18-55(3)19-28-60)78-15-9-6-12-72(78)74-50-39-66(53-80(74)84)87(65-37-24-58(25-38-65)59-26-49-77-76-14-8-11-17-82(76)90-83(77)52-59)67-40-51-75-73-13-7-10-16-79(73)85(81(75)54-67,61-29-35-64(86)36-30-61)63-33-47-71(48-34-63)89-69-43-22-57(5-2)23-44-69/h4-54H,1-2H2,3H3. The number of halogens is 1. The minimum atomic E-state index is -0.879. The lowest BCUT2D eigenvalue weighted by Crippen LogP contribution is -2.29. The summed E-state index contributed by atoms with van der Waals surface area (Å²) in [4.78, 5) is 2.40. The van der Waals surface area contributed by atoms with Crippen molar-refractivity contribution in [3.8, 4) is 56.4 Å². The Morgan fingerprint density at radius 1 is 0.356 bits per heavy atom. The van der Waals surface area contributed by atoms with Crippen LogP contribution in [-0.2, 0) is 10.8 Å². The molecule has 0 amide bonds. The predicted molar refractivity (Wildman–Crippen MR) is 366 cm³/mol. The lowest BCUT2D eigenvalue weighted by molar-refractivity contribution is 0.482. The second-order valence-electron chi connectivity index (χ2n) is 23.4. The Labute approximate surface area is 523 Å². The Morgan fingerprint density at radius 2 is 0.756 bits per heavy atom. The summed E-state index contributed by atoms with van der Waals surface area (Å²) in [5.74, 6) is 2.62. The molecule has 0 spiro atoms. The zero-order valence-electron chi connectivity index (χ0n) is 49.4. The summed E-state index contributed by atoms with van der Waals surface area (Å²) in [7, 11) is 0. The summed E-state index contributed by atoms with van der Waals surface area (Å²) < 4.78 is 34.7. The molecule has 90 heavy (non-hydrogen) atoms. The molecule has 5 heteroatoms. The first-order chi connectivity index (χ1) is 44.3. The van der Waals surface area contributed by atoms with E-state index in [1.165, 1.54) is 16.7 Å². The van der Waals surface area contributed by atoms with Gasteiger partial charge in [0, 0.05) is 27.8 Å². The molecule has 1 heterocycles. The third-order valence-corrected chi connectivity index (χ3v) is 18.5. The number of aryl methyl sites for hydroxylation is 1. The molecule has 0 aliphatic heterocycles. The molecule has 0 bridgehead atoms. The number of nitrogens with zero attached hydrogens (tertiary/aromatic N) is 1. The first-order valence-electron chi connectivity index (χ1n) is 30.4. The maximum absolute atomic E-state index is 15.3. The summed E-state index contributed by atoms with van der Waals surface area (Å²) >= 11 is 0.